The van der Waals surface area contributed by atoms with Crippen LogP contribution in [0, 0.1) is 0 Å². The number of rotatable bonds is 1. The molecule has 1 rings (SSSR count). The van der Waals surface area contributed by atoms with Crippen molar-refractivity contribution in [3.8, 4) is 0 Å². The molecule has 0 aromatic rings. The summed E-state index contributed by atoms with van der Waals surface area (Å²) in [6, 6.07) is 0.895. The summed E-state index contributed by atoms with van der Waals surface area (Å²) in [4.78, 5) is 4.79. The van der Waals surface area contributed by atoms with Gasteiger partial charge >= 0.3 is 0 Å². The van der Waals surface area contributed by atoms with E-state index in [-0.39, 0.29) is 18.2 Å². The van der Waals surface area contributed by atoms with Gasteiger partial charge in [-0.1, -0.05) is 0 Å². The summed E-state index contributed by atoms with van der Waals surface area (Å²) in [5.74, 6) is 0. The van der Waals surface area contributed by atoms with E-state index >= 15 is 0 Å². The molecule has 0 amide bonds. The Hall–Kier alpha value is -0.120. The van der Waals surface area contributed by atoms with Gasteiger partial charge in [0, 0.05) is 30.7 Å². The molecule has 0 aromatic carbocycles. The molecule has 15 heavy (non-hydrogen) atoms. The minimum atomic E-state index is 0.151. The van der Waals surface area contributed by atoms with Crippen LogP contribution in [0.4, 0.5) is 0 Å². The maximum Gasteiger partial charge on any atom is 0.0599 e. The van der Waals surface area contributed by atoms with Gasteiger partial charge in [-0.05, 0) is 41.2 Å². The molecule has 1 fully saturated rings. The molecule has 0 aliphatic carbocycles. The SMILES string of the molecule is CC1CCN(C(C)(C)C)C(CO)CN1C. The van der Waals surface area contributed by atoms with Gasteiger partial charge in [0.05, 0.1) is 6.61 Å². The Kier molecular flexibility index (Phi) is 4.15. The zero-order valence-electron chi connectivity index (χ0n) is 10.8. The van der Waals surface area contributed by atoms with Crippen LogP contribution in [0.25, 0.3) is 0 Å². The molecule has 0 aromatic heterocycles. The molecule has 0 spiro atoms. The fourth-order valence-electron chi connectivity index (χ4n) is 2.38. The van der Waals surface area contributed by atoms with Crippen LogP contribution < -0.4 is 0 Å². The smallest absolute Gasteiger partial charge is 0.0599 e. The van der Waals surface area contributed by atoms with Gasteiger partial charge in [0.25, 0.3) is 0 Å². The van der Waals surface area contributed by atoms with E-state index in [2.05, 4.69) is 44.5 Å². The van der Waals surface area contributed by atoms with Crippen LogP contribution in [0.1, 0.15) is 34.1 Å². The van der Waals surface area contributed by atoms with E-state index in [1.165, 1.54) is 6.42 Å². The Balaban J connectivity index is 2.78. The van der Waals surface area contributed by atoms with Gasteiger partial charge in [0.1, 0.15) is 0 Å². The molecule has 2 atom stereocenters. The van der Waals surface area contributed by atoms with E-state index < -0.39 is 0 Å². The van der Waals surface area contributed by atoms with Crippen LogP contribution in [-0.4, -0.2) is 59.3 Å². The number of nitrogens with zero attached hydrogens (tertiary/aromatic N) is 2. The molecule has 1 N–H and O–H groups in total. The van der Waals surface area contributed by atoms with Crippen molar-refractivity contribution >= 4 is 0 Å². The molecule has 1 aliphatic rings. The van der Waals surface area contributed by atoms with Crippen molar-refractivity contribution in [1.82, 2.24) is 9.80 Å². The van der Waals surface area contributed by atoms with E-state index in [4.69, 9.17) is 0 Å². The summed E-state index contributed by atoms with van der Waals surface area (Å²) in [7, 11) is 2.15. The Bertz CT molecular complexity index is 200. The van der Waals surface area contributed by atoms with Gasteiger partial charge in [-0.3, -0.25) is 4.90 Å². The molecule has 2 unspecified atom stereocenters. The Morgan fingerprint density at radius 3 is 2.40 bits per heavy atom. The van der Waals surface area contributed by atoms with Crippen molar-refractivity contribution < 1.29 is 5.11 Å². The average molecular weight is 214 g/mol. The standard InChI is InChI=1S/C12H26N2O/c1-10-6-7-14(12(2,3)4)11(9-15)8-13(10)5/h10-11,15H,6-9H2,1-5H3. The first-order valence-corrected chi connectivity index (χ1v) is 5.94. The van der Waals surface area contributed by atoms with Crippen LogP contribution in [0.2, 0.25) is 0 Å². The minimum Gasteiger partial charge on any atom is -0.395 e. The highest BCUT2D eigenvalue weighted by Gasteiger charge is 2.32. The lowest BCUT2D eigenvalue weighted by atomic mass is 10.0. The summed E-state index contributed by atoms with van der Waals surface area (Å²) in [6.45, 7) is 11.3. The number of hydrogen-bond donors (Lipinski definition) is 1. The average Bonchev–Trinajstić information content (AvgIpc) is 2.26. The largest absolute Gasteiger partial charge is 0.395 e. The molecule has 3 heteroatoms. The third-order valence-corrected chi connectivity index (χ3v) is 3.55. The zero-order chi connectivity index (χ0) is 11.6. The fraction of sp³-hybridized carbons (Fsp3) is 1.00. The van der Waals surface area contributed by atoms with Gasteiger partial charge in [-0.15, -0.1) is 0 Å². The molecule has 90 valence electrons. The first-order chi connectivity index (χ1) is 6.86. The van der Waals surface area contributed by atoms with E-state index in [1.54, 1.807) is 0 Å². The second-order valence-corrected chi connectivity index (χ2v) is 5.78. The topological polar surface area (TPSA) is 26.7 Å². The van der Waals surface area contributed by atoms with Crippen molar-refractivity contribution in [3.63, 3.8) is 0 Å². The predicted molar refractivity (Wildman–Crippen MR) is 64.0 cm³/mol. The molecule has 0 saturated carbocycles. The number of aliphatic hydroxyl groups is 1. The van der Waals surface area contributed by atoms with Gasteiger partial charge < -0.3 is 10.0 Å². The monoisotopic (exact) mass is 214 g/mol. The fourth-order valence-corrected chi connectivity index (χ4v) is 2.38. The summed E-state index contributed by atoms with van der Waals surface area (Å²) in [5, 5.41) is 9.49. The molecule has 1 heterocycles. The van der Waals surface area contributed by atoms with E-state index in [0.29, 0.717) is 6.04 Å². The number of aliphatic hydroxyl groups excluding tert-OH is 1. The van der Waals surface area contributed by atoms with Crippen molar-refractivity contribution in [1.29, 1.82) is 0 Å². The first kappa shape index (κ1) is 12.9. The van der Waals surface area contributed by atoms with Crippen LogP contribution in [0.3, 0.4) is 0 Å². The molecule has 3 nitrogen and oxygen atoms in total. The lowest BCUT2D eigenvalue weighted by molar-refractivity contribution is 0.0460. The highest BCUT2D eigenvalue weighted by molar-refractivity contribution is 4.88. The molecular formula is C12H26N2O. The molecule has 0 radical (unpaired) electrons. The van der Waals surface area contributed by atoms with Crippen molar-refractivity contribution in [2.75, 3.05) is 26.7 Å². The van der Waals surface area contributed by atoms with Gasteiger partial charge in [-0.2, -0.15) is 0 Å². The first-order valence-electron chi connectivity index (χ1n) is 5.94. The van der Waals surface area contributed by atoms with Crippen LogP contribution in [0.15, 0.2) is 0 Å². The van der Waals surface area contributed by atoms with Crippen LogP contribution >= 0.6 is 0 Å². The summed E-state index contributed by atoms with van der Waals surface area (Å²) in [6.07, 6.45) is 1.18. The Labute approximate surface area is 94.1 Å². The molecule has 1 aliphatic heterocycles. The van der Waals surface area contributed by atoms with Crippen LogP contribution in [0.5, 0.6) is 0 Å². The van der Waals surface area contributed by atoms with Crippen molar-refractivity contribution in [2.45, 2.75) is 51.7 Å². The van der Waals surface area contributed by atoms with E-state index in [0.717, 1.165) is 13.1 Å². The lowest BCUT2D eigenvalue weighted by Gasteiger charge is -2.40. The molecule has 1 saturated heterocycles. The second-order valence-electron chi connectivity index (χ2n) is 5.78. The van der Waals surface area contributed by atoms with E-state index in [1.807, 2.05) is 0 Å². The van der Waals surface area contributed by atoms with Gasteiger partial charge in [0.15, 0.2) is 0 Å². The third-order valence-electron chi connectivity index (χ3n) is 3.55. The van der Waals surface area contributed by atoms with Crippen molar-refractivity contribution in [2.24, 2.45) is 0 Å². The van der Waals surface area contributed by atoms with Crippen molar-refractivity contribution in [3.05, 3.63) is 0 Å². The van der Waals surface area contributed by atoms with Gasteiger partial charge in [0.2, 0.25) is 0 Å². The number of likely N-dealkylation sites (N-methyl/N-ethyl adjacent to an activating group) is 1. The summed E-state index contributed by atoms with van der Waals surface area (Å²) >= 11 is 0. The van der Waals surface area contributed by atoms with Gasteiger partial charge in [-0.25, -0.2) is 0 Å². The third kappa shape index (κ3) is 3.16. The summed E-state index contributed by atoms with van der Waals surface area (Å²) < 4.78 is 0. The minimum absolute atomic E-state index is 0.151. The number of hydrogen-bond acceptors (Lipinski definition) is 3. The Morgan fingerprint density at radius 1 is 1.33 bits per heavy atom. The highest BCUT2D eigenvalue weighted by Crippen LogP contribution is 2.22. The molecule has 0 bridgehead atoms. The second kappa shape index (κ2) is 4.81. The zero-order valence-corrected chi connectivity index (χ0v) is 10.8. The lowest BCUT2D eigenvalue weighted by Crippen LogP contribution is -2.52. The maximum absolute atomic E-state index is 9.49. The molecular weight excluding hydrogens is 188 g/mol. The van der Waals surface area contributed by atoms with Crippen LogP contribution in [-0.2, 0) is 0 Å². The maximum atomic E-state index is 9.49. The predicted octanol–water partition coefficient (Wildman–Crippen LogP) is 1.17. The summed E-state index contributed by atoms with van der Waals surface area (Å²) in [5.41, 5.74) is 0.151. The quantitative estimate of drug-likeness (QED) is 0.710. The highest BCUT2D eigenvalue weighted by atomic mass is 16.3. The van der Waals surface area contributed by atoms with E-state index in [9.17, 15) is 5.11 Å². The Morgan fingerprint density at radius 2 is 1.93 bits per heavy atom. The normalized spacial score (nSPS) is 31.6.